The number of ether oxygens (including phenoxy) is 1. The highest BCUT2D eigenvalue weighted by Crippen LogP contribution is 2.52. The first-order valence-corrected chi connectivity index (χ1v) is 14.6. The number of benzene rings is 5. The van der Waals surface area contributed by atoms with Crippen LogP contribution in [0.4, 0.5) is 5.69 Å². The fourth-order valence-electron chi connectivity index (χ4n) is 7.03. The molecule has 1 fully saturated rings. The van der Waals surface area contributed by atoms with E-state index < -0.39 is 5.60 Å². The van der Waals surface area contributed by atoms with E-state index in [1.54, 1.807) is 0 Å². The van der Waals surface area contributed by atoms with Gasteiger partial charge in [0.05, 0.1) is 0 Å². The maximum absolute atomic E-state index is 14.0. The van der Waals surface area contributed by atoms with Crippen molar-refractivity contribution in [3.05, 3.63) is 136 Å². The van der Waals surface area contributed by atoms with Crippen molar-refractivity contribution in [2.75, 3.05) is 18.0 Å². The van der Waals surface area contributed by atoms with Crippen LogP contribution in [0.3, 0.4) is 0 Å². The fraction of sp³-hybridized carbons (Fsp3) is 0.184. The van der Waals surface area contributed by atoms with Crippen LogP contribution in [0.25, 0.3) is 28.0 Å². The molecule has 8 rings (SSSR count). The molecule has 1 atom stereocenters. The molecule has 1 unspecified atom stereocenters. The van der Waals surface area contributed by atoms with Gasteiger partial charge in [0.1, 0.15) is 5.75 Å². The number of hydrogen-bond acceptors (Lipinski definition) is 3. The van der Waals surface area contributed by atoms with E-state index in [0.29, 0.717) is 0 Å². The molecule has 0 amide bonds. The Morgan fingerprint density at radius 2 is 1.41 bits per heavy atom. The zero-order valence-electron chi connectivity index (χ0n) is 23.4. The van der Waals surface area contributed by atoms with Gasteiger partial charge in [0.15, 0.2) is 11.4 Å². The number of aryl methyl sites for hydroxylation is 2. The van der Waals surface area contributed by atoms with Gasteiger partial charge in [0.25, 0.3) is 0 Å². The molecule has 0 bridgehead atoms. The van der Waals surface area contributed by atoms with Gasteiger partial charge >= 0.3 is 0 Å². The lowest BCUT2D eigenvalue weighted by Crippen LogP contribution is -2.34. The lowest BCUT2D eigenvalue weighted by molar-refractivity contribution is 0.104. The molecule has 5 aromatic carbocycles. The molecule has 2 aliphatic heterocycles. The molecular weight excluding hydrogens is 502 g/mol. The largest absolute Gasteiger partial charge is 0.472 e. The zero-order chi connectivity index (χ0) is 27.7. The highest BCUT2D eigenvalue weighted by Gasteiger charge is 2.41. The van der Waals surface area contributed by atoms with E-state index in [1.165, 1.54) is 18.5 Å². The summed E-state index contributed by atoms with van der Waals surface area (Å²) in [5.41, 5.74) is 9.24. The molecule has 2 heterocycles. The van der Waals surface area contributed by atoms with E-state index >= 15 is 0 Å². The van der Waals surface area contributed by atoms with Gasteiger partial charge in [-0.2, -0.15) is 0 Å². The smallest absolute Gasteiger partial charge is 0.195 e. The van der Waals surface area contributed by atoms with Crippen LogP contribution < -0.4 is 9.64 Å². The second-order valence-corrected chi connectivity index (χ2v) is 11.7. The predicted molar refractivity (Wildman–Crippen MR) is 167 cm³/mol. The van der Waals surface area contributed by atoms with Crippen molar-refractivity contribution in [2.45, 2.75) is 32.3 Å². The quantitative estimate of drug-likeness (QED) is 0.228. The van der Waals surface area contributed by atoms with Crippen LogP contribution in [-0.2, 0) is 5.60 Å². The highest BCUT2D eigenvalue weighted by molar-refractivity contribution is 6.29. The van der Waals surface area contributed by atoms with E-state index in [0.717, 1.165) is 79.7 Å². The third kappa shape index (κ3) is 3.55. The molecule has 1 saturated heterocycles. The van der Waals surface area contributed by atoms with Gasteiger partial charge in [-0.25, -0.2) is 0 Å². The van der Waals surface area contributed by atoms with Gasteiger partial charge in [-0.1, -0.05) is 77.9 Å². The summed E-state index contributed by atoms with van der Waals surface area (Å²) in [5, 5.41) is 2.10. The molecule has 0 aromatic heterocycles. The molecule has 41 heavy (non-hydrogen) atoms. The molecule has 3 heteroatoms. The number of ketones is 1. The van der Waals surface area contributed by atoms with Crippen LogP contribution in [-0.4, -0.2) is 18.9 Å². The van der Waals surface area contributed by atoms with Crippen molar-refractivity contribution in [2.24, 2.45) is 0 Å². The van der Waals surface area contributed by atoms with Crippen LogP contribution in [0.5, 0.6) is 5.75 Å². The Hall–Kier alpha value is -4.63. The summed E-state index contributed by atoms with van der Waals surface area (Å²) in [7, 11) is 0. The van der Waals surface area contributed by atoms with Crippen molar-refractivity contribution in [3.8, 4) is 16.9 Å². The molecule has 0 N–H and O–H groups in total. The monoisotopic (exact) mass is 533 g/mol. The lowest BCUT2D eigenvalue weighted by Gasteiger charge is -2.37. The number of hydrogen-bond donors (Lipinski definition) is 0. The van der Waals surface area contributed by atoms with Gasteiger partial charge in [-0.15, -0.1) is 0 Å². The molecule has 200 valence electrons. The van der Waals surface area contributed by atoms with Crippen molar-refractivity contribution < 1.29 is 9.53 Å². The number of carbonyl (C=O) groups is 1. The Labute approximate surface area is 240 Å². The van der Waals surface area contributed by atoms with E-state index in [9.17, 15) is 4.79 Å². The topological polar surface area (TPSA) is 29.5 Å². The minimum absolute atomic E-state index is 0.0767. The van der Waals surface area contributed by atoms with Gasteiger partial charge in [-0.3, -0.25) is 4.79 Å². The number of rotatable bonds is 3. The van der Waals surface area contributed by atoms with Crippen LogP contribution in [0, 0.1) is 13.8 Å². The molecule has 5 aromatic rings. The zero-order valence-corrected chi connectivity index (χ0v) is 23.4. The highest BCUT2D eigenvalue weighted by atomic mass is 16.5. The average Bonchev–Trinajstić information content (AvgIpc) is 3.65. The van der Waals surface area contributed by atoms with Crippen LogP contribution in [0.1, 0.15) is 56.6 Å². The average molecular weight is 534 g/mol. The second kappa shape index (κ2) is 8.94. The van der Waals surface area contributed by atoms with Gasteiger partial charge < -0.3 is 9.64 Å². The summed E-state index contributed by atoms with van der Waals surface area (Å²) in [6.45, 7) is 6.38. The Kier molecular flexibility index (Phi) is 5.27. The summed E-state index contributed by atoms with van der Waals surface area (Å²) in [5.74, 6) is 0.850. The Morgan fingerprint density at radius 1 is 0.707 bits per heavy atom. The molecule has 0 saturated carbocycles. The van der Waals surface area contributed by atoms with E-state index in [-0.39, 0.29) is 5.78 Å². The number of fused-ring (bicyclic) bond motifs is 8. The molecule has 3 aliphatic rings. The number of anilines is 1. The van der Waals surface area contributed by atoms with Gasteiger partial charge in [0.2, 0.25) is 0 Å². The lowest BCUT2D eigenvalue weighted by atomic mass is 9.81. The number of nitrogens with zero attached hydrogens (tertiary/aromatic N) is 1. The maximum atomic E-state index is 14.0. The van der Waals surface area contributed by atoms with Crippen molar-refractivity contribution >= 4 is 28.3 Å². The predicted octanol–water partition coefficient (Wildman–Crippen LogP) is 8.62. The molecular formula is C38H31NO2. The summed E-state index contributed by atoms with van der Waals surface area (Å²) in [6, 6.07) is 32.0. The Morgan fingerprint density at radius 3 is 2.20 bits per heavy atom. The SMILES string of the molecule is Cc1ccc2c(c1)C(=O)c1c3c(c4cc(C)ccc4c1-2)OC(c1ccccc1)(c1ccc(N2CCCC2)cc1)C=C3. The Bertz CT molecular complexity index is 1900. The van der Waals surface area contributed by atoms with E-state index in [1.807, 2.05) is 19.1 Å². The third-order valence-electron chi connectivity index (χ3n) is 9.09. The summed E-state index contributed by atoms with van der Waals surface area (Å²) >= 11 is 0. The minimum Gasteiger partial charge on any atom is -0.472 e. The van der Waals surface area contributed by atoms with Crippen molar-refractivity contribution in [3.63, 3.8) is 0 Å². The first-order chi connectivity index (χ1) is 20.0. The number of carbonyl (C=O) groups excluding carboxylic acids is 1. The fourth-order valence-corrected chi connectivity index (χ4v) is 7.03. The van der Waals surface area contributed by atoms with Crippen molar-refractivity contribution in [1.82, 2.24) is 0 Å². The van der Waals surface area contributed by atoms with Crippen LogP contribution in [0.15, 0.2) is 97.1 Å². The van der Waals surface area contributed by atoms with Crippen molar-refractivity contribution in [1.29, 1.82) is 0 Å². The van der Waals surface area contributed by atoms with E-state index in [4.69, 9.17) is 4.74 Å². The third-order valence-corrected chi connectivity index (χ3v) is 9.09. The summed E-state index contributed by atoms with van der Waals surface area (Å²) in [6.07, 6.45) is 6.78. The van der Waals surface area contributed by atoms with Crippen LogP contribution in [0.2, 0.25) is 0 Å². The first kappa shape index (κ1) is 24.2. The van der Waals surface area contributed by atoms with Crippen LogP contribution >= 0.6 is 0 Å². The first-order valence-electron chi connectivity index (χ1n) is 14.6. The molecule has 0 radical (unpaired) electrons. The molecule has 0 spiro atoms. The Balaban J connectivity index is 1.37. The molecule has 3 nitrogen and oxygen atoms in total. The van der Waals surface area contributed by atoms with E-state index in [2.05, 4.69) is 103 Å². The van der Waals surface area contributed by atoms with Gasteiger partial charge in [-0.05, 0) is 74.1 Å². The molecule has 1 aliphatic carbocycles. The maximum Gasteiger partial charge on any atom is 0.195 e. The normalized spacial score (nSPS) is 18.8. The summed E-state index contributed by atoms with van der Waals surface area (Å²) in [4.78, 5) is 16.4. The van der Waals surface area contributed by atoms with Gasteiger partial charge in [0, 0.05) is 57.5 Å². The minimum atomic E-state index is -0.826. The summed E-state index contributed by atoms with van der Waals surface area (Å²) < 4.78 is 7.27. The standard InChI is InChI=1S/C38H31NO2/c1-24-10-16-29-32(22-24)36(40)35-31-18-19-38(26-8-4-3-5-9-26,27-12-14-28(15-13-27)39-20-6-7-21-39)41-37(31)33-23-25(2)11-17-30(33)34(29)35/h3-5,8-19,22-23H,6-7,20-21H2,1-2H3. The second-order valence-electron chi connectivity index (χ2n) is 11.7.